The predicted molar refractivity (Wildman–Crippen MR) is 71.1 cm³/mol. The molecule has 1 atom stereocenters. The number of nitrogen functional groups attached to an aromatic ring is 1. The van der Waals surface area contributed by atoms with Crippen LogP contribution in [-0.4, -0.2) is 58.5 Å². The van der Waals surface area contributed by atoms with Gasteiger partial charge in [-0.2, -0.15) is 9.97 Å². The summed E-state index contributed by atoms with van der Waals surface area (Å²) in [7, 11) is 4.23. The molecule has 1 aromatic heterocycles. The quantitative estimate of drug-likeness (QED) is 0.833. The molecule has 1 aromatic rings. The summed E-state index contributed by atoms with van der Waals surface area (Å²) in [6.45, 7) is 5.15. The smallest absolute Gasteiger partial charge is 0.223 e. The largest absolute Gasteiger partial charge is 0.368 e. The molecular weight excluding hydrogens is 228 g/mol. The number of nitrogens with two attached hydrogens (primary N) is 1. The van der Waals surface area contributed by atoms with Gasteiger partial charge in [0.25, 0.3) is 0 Å². The van der Waals surface area contributed by atoms with E-state index in [1.54, 1.807) is 0 Å². The highest BCUT2D eigenvalue weighted by molar-refractivity contribution is 5.18. The van der Waals surface area contributed by atoms with Gasteiger partial charge >= 0.3 is 0 Å². The van der Waals surface area contributed by atoms with Crippen LogP contribution in [0.25, 0.3) is 0 Å². The molecule has 0 spiro atoms. The van der Waals surface area contributed by atoms with Crippen molar-refractivity contribution in [3.63, 3.8) is 0 Å². The number of anilines is 1. The van der Waals surface area contributed by atoms with Gasteiger partial charge in [0.2, 0.25) is 5.95 Å². The van der Waals surface area contributed by atoms with E-state index in [1.165, 1.54) is 0 Å². The van der Waals surface area contributed by atoms with E-state index >= 15 is 0 Å². The van der Waals surface area contributed by atoms with Crippen LogP contribution in [0.5, 0.6) is 0 Å². The Hall–Kier alpha value is -1.27. The van der Waals surface area contributed by atoms with Crippen molar-refractivity contribution < 1.29 is 0 Å². The Kier molecular flexibility index (Phi) is 4.08. The topological polar surface area (TPSA) is 71.2 Å². The van der Waals surface area contributed by atoms with Crippen molar-refractivity contribution in [3.8, 4) is 0 Å². The van der Waals surface area contributed by atoms with Gasteiger partial charge in [0.1, 0.15) is 5.82 Å². The van der Waals surface area contributed by atoms with E-state index in [-0.39, 0.29) is 6.04 Å². The molecule has 18 heavy (non-hydrogen) atoms. The molecule has 0 saturated carbocycles. The summed E-state index contributed by atoms with van der Waals surface area (Å²) in [5, 5.41) is 0. The van der Waals surface area contributed by atoms with Gasteiger partial charge < -0.3 is 10.6 Å². The third-order valence-corrected chi connectivity index (χ3v) is 3.34. The van der Waals surface area contributed by atoms with Crippen LogP contribution in [-0.2, 0) is 6.42 Å². The SMILES string of the molecule is CCCc1nc(N)nc(C2CN(C)CCN2C)n1. The second-order valence-corrected chi connectivity index (χ2v) is 4.98. The first kappa shape index (κ1) is 13.2. The van der Waals surface area contributed by atoms with Crippen LogP contribution in [0.4, 0.5) is 5.95 Å². The molecular formula is C12H22N6. The maximum absolute atomic E-state index is 5.78. The van der Waals surface area contributed by atoms with Crippen LogP contribution in [0.15, 0.2) is 0 Å². The highest BCUT2D eigenvalue weighted by atomic mass is 15.3. The summed E-state index contributed by atoms with van der Waals surface area (Å²) < 4.78 is 0. The van der Waals surface area contributed by atoms with E-state index in [0.717, 1.165) is 44.1 Å². The normalized spacial score (nSPS) is 22.3. The fourth-order valence-corrected chi connectivity index (χ4v) is 2.23. The average molecular weight is 250 g/mol. The van der Waals surface area contributed by atoms with E-state index in [2.05, 4.69) is 45.8 Å². The van der Waals surface area contributed by atoms with Crippen molar-refractivity contribution in [1.82, 2.24) is 24.8 Å². The molecule has 1 saturated heterocycles. The van der Waals surface area contributed by atoms with Gasteiger partial charge in [-0.15, -0.1) is 0 Å². The fraction of sp³-hybridized carbons (Fsp3) is 0.750. The van der Waals surface area contributed by atoms with Gasteiger partial charge in [0.15, 0.2) is 5.82 Å². The third-order valence-electron chi connectivity index (χ3n) is 3.34. The Morgan fingerprint density at radius 1 is 1.22 bits per heavy atom. The summed E-state index contributed by atoms with van der Waals surface area (Å²) in [6.07, 6.45) is 1.87. The number of aryl methyl sites for hydroxylation is 1. The molecule has 0 aliphatic carbocycles. The van der Waals surface area contributed by atoms with Crippen molar-refractivity contribution in [3.05, 3.63) is 11.6 Å². The van der Waals surface area contributed by atoms with Gasteiger partial charge in [-0.3, -0.25) is 4.90 Å². The molecule has 0 radical (unpaired) electrons. The van der Waals surface area contributed by atoms with Gasteiger partial charge in [-0.05, 0) is 20.5 Å². The van der Waals surface area contributed by atoms with Gasteiger partial charge in [-0.1, -0.05) is 6.92 Å². The van der Waals surface area contributed by atoms with Crippen molar-refractivity contribution in [1.29, 1.82) is 0 Å². The lowest BCUT2D eigenvalue weighted by Crippen LogP contribution is -2.45. The molecule has 100 valence electrons. The Morgan fingerprint density at radius 2 is 2.00 bits per heavy atom. The monoisotopic (exact) mass is 250 g/mol. The van der Waals surface area contributed by atoms with Crippen LogP contribution in [0.3, 0.4) is 0 Å². The number of piperazine rings is 1. The number of hydrogen-bond acceptors (Lipinski definition) is 6. The number of hydrogen-bond donors (Lipinski definition) is 1. The molecule has 6 heteroatoms. The standard InChI is InChI=1S/C12H22N6/c1-4-5-10-14-11(16-12(13)15-10)9-8-17(2)6-7-18(9)3/h9H,4-8H2,1-3H3,(H2,13,14,15,16). The summed E-state index contributed by atoms with van der Waals surface area (Å²) in [5.74, 6) is 1.95. The van der Waals surface area contributed by atoms with E-state index in [9.17, 15) is 0 Å². The minimum absolute atomic E-state index is 0.213. The zero-order valence-electron chi connectivity index (χ0n) is 11.4. The minimum atomic E-state index is 0.213. The Balaban J connectivity index is 2.25. The van der Waals surface area contributed by atoms with E-state index in [1.807, 2.05) is 0 Å². The molecule has 2 rings (SSSR count). The summed E-state index contributed by atoms with van der Waals surface area (Å²) in [6, 6.07) is 0.213. The van der Waals surface area contributed by atoms with Crippen molar-refractivity contribution in [2.75, 3.05) is 39.5 Å². The predicted octanol–water partition coefficient (Wildman–Crippen LogP) is 0.325. The number of rotatable bonds is 3. The van der Waals surface area contributed by atoms with Gasteiger partial charge in [0, 0.05) is 26.1 Å². The first-order chi connectivity index (χ1) is 8.60. The highest BCUT2D eigenvalue weighted by Crippen LogP contribution is 2.20. The second kappa shape index (κ2) is 5.58. The van der Waals surface area contributed by atoms with Crippen LogP contribution < -0.4 is 5.73 Å². The van der Waals surface area contributed by atoms with Gasteiger partial charge in [-0.25, -0.2) is 4.98 Å². The zero-order chi connectivity index (χ0) is 13.1. The zero-order valence-corrected chi connectivity index (χ0v) is 11.4. The molecule has 1 aliphatic rings. The maximum Gasteiger partial charge on any atom is 0.223 e. The lowest BCUT2D eigenvalue weighted by molar-refractivity contribution is 0.109. The summed E-state index contributed by atoms with van der Waals surface area (Å²) in [4.78, 5) is 17.6. The molecule has 1 unspecified atom stereocenters. The molecule has 0 aromatic carbocycles. The van der Waals surface area contributed by atoms with Crippen molar-refractivity contribution in [2.24, 2.45) is 0 Å². The molecule has 6 nitrogen and oxygen atoms in total. The fourth-order valence-electron chi connectivity index (χ4n) is 2.23. The molecule has 2 heterocycles. The summed E-state index contributed by atoms with van der Waals surface area (Å²) in [5.41, 5.74) is 5.78. The first-order valence-electron chi connectivity index (χ1n) is 6.49. The molecule has 1 aliphatic heterocycles. The first-order valence-corrected chi connectivity index (χ1v) is 6.49. The molecule has 2 N–H and O–H groups in total. The van der Waals surface area contributed by atoms with Crippen molar-refractivity contribution >= 4 is 5.95 Å². The lowest BCUT2D eigenvalue weighted by Gasteiger charge is -2.36. The van der Waals surface area contributed by atoms with Crippen LogP contribution in [0.2, 0.25) is 0 Å². The Morgan fingerprint density at radius 3 is 2.72 bits per heavy atom. The third kappa shape index (κ3) is 2.94. The minimum Gasteiger partial charge on any atom is -0.368 e. The molecule has 0 amide bonds. The molecule has 0 bridgehead atoms. The number of aromatic nitrogens is 3. The molecule has 1 fully saturated rings. The van der Waals surface area contributed by atoms with Gasteiger partial charge in [0.05, 0.1) is 6.04 Å². The summed E-state index contributed by atoms with van der Waals surface area (Å²) >= 11 is 0. The van der Waals surface area contributed by atoms with E-state index in [0.29, 0.717) is 5.95 Å². The van der Waals surface area contributed by atoms with E-state index in [4.69, 9.17) is 5.73 Å². The number of nitrogens with zero attached hydrogens (tertiary/aromatic N) is 5. The van der Waals surface area contributed by atoms with Crippen LogP contribution >= 0.6 is 0 Å². The van der Waals surface area contributed by atoms with Crippen LogP contribution in [0, 0.1) is 0 Å². The van der Waals surface area contributed by atoms with E-state index < -0.39 is 0 Å². The highest BCUT2D eigenvalue weighted by Gasteiger charge is 2.26. The second-order valence-electron chi connectivity index (χ2n) is 4.98. The number of likely N-dealkylation sites (N-methyl/N-ethyl adjacent to an activating group) is 2. The van der Waals surface area contributed by atoms with Crippen LogP contribution in [0.1, 0.15) is 31.0 Å². The average Bonchev–Trinajstić information content (AvgIpc) is 2.32. The van der Waals surface area contributed by atoms with Crippen molar-refractivity contribution in [2.45, 2.75) is 25.8 Å². The lowest BCUT2D eigenvalue weighted by atomic mass is 10.1. The maximum atomic E-state index is 5.78. The Labute approximate surface area is 108 Å². The Bertz CT molecular complexity index is 408.